The first-order valence-corrected chi connectivity index (χ1v) is 22.8. The maximum absolute atomic E-state index is 13.6. The molecule has 15 heteroatoms. The fourth-order valence-corrected chi connectivity index (χ4v) is 11.2. The second-order valence-electron chi connectivity index (χ2n) is 20.5. The molecule has 344 valence electrons. The molecule has 0 radical (unpaired) electrons. The monoisotopic (exact) mass is 875 g/mol. The number of carboxylic acid groups (broad SMARTS) is 1. The van der Waals surface area contributed by atoms with Crippen LogP contribution in [-0.4, -0.2) is 117 Å². The van der Waals surface area contributed by atoms with Crippen LogP contribution >= 0.6 is 0 Å². The Balaban J connectivity index is 0.00000704. The van der Waals surface area contributed by atoms with Gasteiger partial charge in [0.15, 0.2) is 29.4 Å². The fourth-order valence-electron chi connectivity index (χ4n) is 11.2. The van der Waals surface area contributed by atoms with Crippen LogP contribution in [-0.2, 0) is 42.7 Å². The van der Waals surface area contributed by atoms with Crippen LogP contribution in [0.15, 0.2) is 11.6 Å². The van der Waals surface area contributed by atoms with Crippen LogP contribution in [0.5, 0.6) is 0 Å². The molecule has 6 aliphatic heterocycles. The second-order valence-corrected chi connectivity index (χ2v) is 20.5. The first-order valence-electron chi connectivity index (χ1n) is 22.8. The number of ketones is 1. The van der Waals surface area contributed by atoms with E-state index >= 15 is 0 Å². The Hall–Kier alpha value is -0.560. The van der Waals surface area contributed by atoms with Crippen molar-refractivity contribution < 1.29 is 97.8 Å². The van der Waals surface area contributed by atoms with Crippen LogP contribution in [0.2, 0.25) is 0 Å². The molecule has 0 saturated carbocycles. The molecule has 4 N–H and O–H groups in total. The minimum atomic E-state index is -1.67. The molecule has 61 heavy (non-hydrogen) atoms. The van der Waals surface area contributed by atoms with Crippen LogP contribution in [0.4, 0.5) is 0 Å². The summed E-state index contributed by atoms with van der Waals surface area (Å²) in [6.07, 6.45) is 2.84. The fraction of sp³-hybridized carbons (Fsp3) is 0.913. The van der Waals surface area contributed by atoms with Gasteiger partial charge in [-0.25, -0.2) is 0 Å². The SMILES string of the molecule is CC/C=C(\C[C@@]1(C)COC2(CC[C@@](C)([C@H]3C[C@H](O[C@@H]4CC[C@H](O)[C@@H](C)O4)[C@@H](C)C4(O[C@@H](C5O[C@@](O)(CO)[C@H](C)C[C@@H]5C)CC4C)O3)O2)C[C@@H]1O)C(=O)C(C)CC(C)C(=O)[O-].[Na+]. The number of hydrogen-bond acceptors (Lipinski definition) is 14. The molecule has 6 saturated heterocycles. The summed E-state index contributed by atoms with van der Waals surface area (Å²) < 4.78 is 47.3. The molecule has 6 unspecified atom stereocenters. The van der Waals surface area contributed by atoms with Gasteiger partial charge < -0.3 is 63.5 Å². The van der Waals surface area contributed by atoms with Crippen molar-refractivity contribution in [3.8, 4) is 0 Å². The number of carbonyl (C=O) groups is 2. The third-order valence-corrected chi connectivity index (χ3v) is 15.5. The van der Waals surface area contributed by atoms with Crippen LogP contribution in [0.1, 0.15) is 140 Å². The van der Waals surface area contributed by atoms with E-state index in [0.717, 1.165) is 0 Å². The van der Waals surface area contributed by atoms with Gasteiger partial charge in [-0.2, -0.15) is 0 Å². The van der Waals surface area contributed by atoms with Crippen molar-refractivity contribution in [1.29, 1.82) is 0 Å². The van der Waals surface area contributed by atoms with E-state index in [-0.39, 0.29) is 97.1 Å². The van der Waals surface area contributed by atoms with E-state index in [2.05, 4.69) is 20.8 Å². The second kappa shape index (κ2) is 19.7. The Kier molecular flexibility index (Phi) is 16.6. The minimum absolute atomic E-state index is 0. The summed E-state index contributed by atoms with van der Waals surface area (Å²) >= 11 is 0. The van der Waals surface area contributed by atoms with Gasteiger partial charge in [0.1, 0.15) is 0 Å². The van der Waals surface area contributed by atoms with Crippen molar-refractivity contribution >= 4 is 11.8 Å². The first-order chi connectivity index (χ1) is 28.0. The molecule has 0 bridgehead atoms. The Labute approximate surface area is 385 Å². The van der Waals surface area contributed by atoms with Crippen molar-refractivity contribution in [1.82, 2.24) is 0 Å². The third kappa shape index (κ3) is 10.4. The summed E-state index contributed by atoms with van der Waals surface area (Å²) in [6, 6.07) is 0. The van der Waals surface area contributed by atoms with Gasteiger partial charge in [-0.05, 0) is 76.2 Å². The number of aliphatic hydroxyl groups is 4. The number of ether oxygens (including phenoxy) is 7. The maximum atomic E-state index is 13.6. The van der Waals surface area contributed by atoms with Gasteiger partial charge in [0.25, 0.3) is 0 Å². The summed E-state index contributed by atoms with van der Waals surface area (Å²) in [5.74, 6) is -7.08. The Morgan fingerprint density at radius 2 is 1.66 bits per heavy atom. The smallest absolute Gasteiger partial charge is 0.550 e. The predicted octanol–water partition coefficient (Wildman–Crippen LogP) is 1.31. The van der Waals surface area contributed by atoms with Crippen LogP contribution in [0.3, 0.4) is 0 Å². The molecular weight excluding hydrogens is 799 g/mol. The third-order valence-electron chi connectivity index (χ3n) is 15.5. The van der Waals surface area contributed by atoms with E-state index in [4.69, 9.17) is 33.2 Å². The first kappa shape index (κ1) is 51.4. The minimum Gasteiger partial charge on any atom is -0.550 e. The van der Waals surface area contributed by atoms with Gasteiger partial charge in [0.05, 0.1) is 61.5 Å². The largest absolute Gasteiger partial charge is 1.00 e. The number of carboxylic acids is 1. The summed E-state index contributed by atoms with van der Waals surface area (Å²) in [5.41, 5.74) is -1.11. The molecule has 2 spiro atoms. The van der Waals surface area contributed by atoms with E-state index < -0.39 is 89.6 Å². The molecule has 0 aromatic heterocycles. The molecule has 0 aromatic carbocycles. The zero-order chi connectivity index (χ0) is 44.2. The molecule has 6 aliphatic rings. The van der Waals surface area contributed by atoms with Crippen molar-refractivity contribution in [2.24, 2.45) is 40.9 Å². The molecule has 14 nitrogen and oxygen atoms in total. The van der Waals surface area contributed by atoms with Crippen LogP contribution < -0.4 is 34.7 Å². The maximum Gasteiger partial charge on any atom is 1.00 e. The average Bonchev–Trinajstić information content (AvgIpc) is 3.70. The van der Waals surface area contributed by atoms with Crippen molar-refractivity contribution in [3.05, 3.63) is 11.6 Å². The summed E-state index contributed by atoms with van der Waals surface area (Å²) in [5, 5.41) is 55.1. The molecule has 6 fully saturated rings. The van der Waals surface area contributed by atoms with E-state index in [1.807, 2.05) is 40.7 Å². The van der Waals surface area contributed by atoms with Crippen molar-refractivity contribution in [2.45, 2.75) is 212 Å². The molecule has 0 aliphatic carbocycles. The van der Waals surface area contributed by atoms with Crippen LogP contribution in [0, 0.1) is 40.9 Å². The molecule has 6 rings (SSSR count). The molecule has 0 amide bonds. The topological polar surface area (TPSA) is 203 Å². The number of aliphatic carboxylic acids is 1. The zero-order valence-corrected chi connectivity index (χ0v) is 40.7. The zero-order valence-electron chi connectivity index (χ0n) is 38.7. The molecule has 6 heterocycles. The van der Waals surface area contributed by atoms with Crippen LogP contribution in [0.25, 0.3) is 0 Å². The van der Waals surface area contributed by atoms with E-state index in [0.29, 0.717) is 56.9 Å². The van der Waals surface area contributed by atoms with Gasteiger partial charge in [-0.3, -0.25) is 4.79 Å². The van der Waals surface area contributed by atoms with Gasteiger partial charge in [-0.1, -0.05) is 61.5 Å². The Morgan fingerprint density at radius 1 is 0.951 bits per heavy atom. The summed E-state index contributed by atoms with van der Waals surface area (Å²) in [7, 11) is 0. The van der Waals surface area contributed by atoms with E-state index in [1.165, 1.54) is 0 Å². The Morgan fingerprint density at radius 3 is 2.28 bits per heavy atom. The summed E-state index contributed by atoms with van der Waals surface area (Å²) in [4.78, 5) is 25.0. The van der Waals surface area contributed by atoms with Gasteiger partial charge in [0, 0.05) is 60.7 Å². The number of hydrogen-bond donors (Lipinski definition) is 4. The standard InChI is InChI=1S/C46H76O14.Na/c1-11-12-32(39(50)25(2)17-27(4)41(51)52)21-42(9)24-54-44(22-36(42)49)16-15-43(10,60-44)37-20-34(56-38-14-13-33(48)31(8)55-38)30(7)46(58-37)29(6)19-35(57-46)40-26(3)18-28(5)45(53,23-47)59-40;/h12,25-31,33-38,40,47-49,53H,11,13-24H2,1-10H3,(H,51,52);/q;+1/p-1/b32-12+;/t25?,26-,27?,28+,29?,30+,31+,33-,34-,35+,36-,37+,38+,40?,42-,43-,44?,45-,46?;/m0./s1. The quantitative estimate of drug-likeness (QED) is 0.152. The number of aliphatic hydroxyl groups excluding tert-OH is 3. The molecule has 0 aromatic rings. The Bertz CT molecular complexity index is 1570. The number of Topliss-reactive ketones (excluding diaryl/α,β-unsaturated/α-hetero) is 1. The number of carbonyl (C=O) groups excluding carboxylic acids is 2. The predicted molar refractivity (Wildman–Crippen MR) is 216 cm³/mol. The van der Waals surface area contributed by atoms with E-state index in [9.17, 15) is 35.1 Å². The molecule has 19 atom stereocenters. The van der Waals surface area contributed by atoms with E-state index in [1.54, 1.807) is 13.8 Å². The van der Waals surface area contributed by atoms with Gasteiger partial charge in [0.2, 0.25) is 0 Å². The van der Waals surface area contributed by atoms with Crippen molar-refractivity contribution in [3.63, 3.8) is 0 Å². The van der Waals surface area contributed by atoms with Gasteiger partial charge >= 0.3 is 29.6 Å². The number of rotatable bonds is 13. The normalized spacial score (nSPS) is 47.9. The van der Waals surface area contributed by atoms with Gasteiger partial charge in [-0.15, -0.1) is 0 Å². The number of allylic oxidation sites excluding steroid dienone is 2. The summed E-state index contributed by atoms with van der Waals surface area (Å²) in [6.45, 7) is 18.8. The van der Waals surface area contributed by atoms with Crippen molar-refractivity contribution in [2.75, 3.05) is 13.2 Å². The average molecular weight is 875 g/mol. The molecular formula is C46H75NaO14.